The van der Waals surface area contributed by atoms with Crippen molar-refractivity contribution in [3.63, 3.8) is 0 Å². The van der Waals surface area contributed by atoms with E-state index in [-0.39, 0.29) is 0 Å². The van der Waals surface area contributed by atoms with Gasteiger partial charge in [0.05, 0.1) is 19.3 Å². The largest absolute Gasteiger partial charge is 0.481 e. The Balaban J connectivity index is 1.39. The zero-order valence-corrected chi connectivity index (χ0v) is 22.3. The van der Waals surface area contributed by atoms with Crippen LogP contribution in [0.2, 0.25) is 0 Å². The molecule has 4 aromatic heterocycles. The highest BCUT2D eigenvalue weighted by atomic mass is 16.5. The number of hydrogen-bond acceptors (Lipinski definition) is 7. The molecule has 0 bridgehead atoms. The summed E-state index contributed by atoms with van der Waals surface area (Å²) in [4.78, 5) is 14.3. The van der Waals surface area contributed by atoms with Crippen molar-refractivity contribution in [3.05, 3.63) is 89.4 Å². The van der Waals surface area contributed by atoms with E-state index in [1.54, 1.807) is 7.11 Å². The molecule has 6 aromatic rings. The van der Waals surface area contributed by atoms with E-state index < -0.39 is 0 Å². The lowest BCUT2D eigenvalue weighted by molar-refractivity contribution is 0.398. The summed E-state index contributed by atoms with van der Waals surface area (Å²) in [5.41, 5.74) is 9.93. The molecular formula is C30H28N8O. The van der Waals surface area contributed by atoms with Crippen molar-refractivity contribution in [2.75, 3.05) is 7.11 Å². The number of rotatable bonds is 7. The van der Waals surface area contributed by atoms with Crippen molar-refractivity contribution >= 4 is 11.2 Å². The minimum atomic E-state index is 0.536. The maximum Gasteiger partial charge on any atom is 0.213 e. The monoisotopic (exact) mass is 516 g/mol. The lowest BCUT2D eigenvalue weighted by Crippen LogP contribution is -2.05. The number of aromatic amines is 1. The highest BCUT2D eigenvalue weighted by Gasteiger charge is 2.16. The summed E-state index contributed by atoms with van der Waals surface area (Å²) in [6.07, 6.45) is 0.839. The number of nitrogens with zero attached hydrogens (tertiary/aromatic N) is 7. The number of ether oxygens (including phenoxy) is 1. The molecule has 0 radical (unpaired) electrons. The molecule has 0 unspecified atom stereocenters. The predicted octanol–water partition coefficient (Wildman–Crippen LogP) is 5.58. The van der Waals surface area contributed by atoms with Gasteiger partial charge in [-0.2, -0.15) is 5.21 Å². The van der Waals surface area contributed by atoms with Gasteiger partial charge >= 0.3 is 0 Å². The zero-order chi connectivity index (χ0) is 26.9. The van der Waals surface area contributed by atoms with Crippen molar-refractivity contribution < 1.29 is 4.74 Å². The second-order valence-electron chi connectivity index (χ2n) is 9.48. The van der Waals surface area contributed by atoms with Gasteiger partial charge in [0.1, 0.15) is 11.3 Å². The number of methoxy groups -OCH3 is 1. The summed E-state index contributed by atoms with van der Waals surface area (Å²) in [6.45, 7) is 6.95. The number of aryl methyl sites for hydroxylation is 3. The lowest BCUT2D eigenvalue weighted by Gasteiger charge is -2.12. The first-order chi connectivity index (χ1) is 19.0. The summed E-state index contributed by atoms with van der Waals surface area (Å²) in [6, 6.07) is 22.5. The molecule has 9 nitrogen and oxygen atoms in total. The predicted molar refractivity (Wildman–Crippen MR) is 150 cm³/mol. The fourth-order valence-corrected chi connectivity index (χ4v) is 4.96. The molecule has 6 rings (SSSR count). The van der Waals surface area contributed by atoms with Gasteiger partial charge in [-0.15, -0.1) is 10.2 Å². The molecule has 39 heavy (non-hydrogen) atoms. The Morgan fingerprint density at radius 1 is 0.872 bits per heavy atom. The summed E-state index contributed by atoms with van der Waals surface area (Å²) in [7, 11) is 1.62. The van der Waals surface area contributed by atoms with Crippen LogP contribution in [-0.4, -0.2) is 47.3 Å². The summed E-state index contributed by atoms with van der Waals surface area (Å²) in [5, 5.41) is 14.8. The Labute approximate surface area is 225 Å². The van der Waals surface area contributed by atoms with E-state index in [1.807, 2.05) is 37.3 Å². The Morgan fingerprint density at radius 3 is 2.44 bits per heavy atom. The average molecular weight is 517 g/mol. The van der Waals surface area contributed by atoms with E-state index in [4.69, 9.17) is 14.7 Å². The van der Waals surface area contributed by atoms with Gasteiger partial charge < -0.3 is 9.30 Å². The van der Waals surface area contributed by atoms with Gasteiger partial charge in [0.2, 0.25) is 11.7 Å². The molecule has 0 aliphatic heterocycles. The number of benzene rings is 2. The molecule has 0 saturated heterocycles. The number of tetrazole rings is 1. The molecule has 2 aromatic carbocycles. The van der Waals surface area contributed by atoms with Crippen LogP contribution in [0.3, 0.4) is 0 Å². The van der Waals surface area contributed by atoms with Crippen LogP contribution in [0.15, 0.2) is 66.7 Å². The van der Waals surface area contributed by atoms with Gasteiger partial charge in [0.15, 0.2) is 5.65 Å². The summed E-state index contributed by atoms with van der Waals surface area (Å²) in [5.74, 6) is 2.14. The van der Waals surface area contributed by atoms with Gasteiger partial charge in [0.25, 0.3) is 0 Å². The van der Waals surface area contributed by atoms with Crippen molar-refractivity contribution in [2.24, 2.45) is 0 Å². The van der Waals surface area contributed by atoms with Crippen LogP contribution in [0.25, 0.3) is 44.9 Å². The number of pyridine rings is 2. The Hall–Kier alpha value is -4.92. The van der Waals surface area contributed by atoms with Crippen LogP contribution >= 0.6 is 0 Å². The number of aromatic nitrogens is 8. The molecule has 0 fully saturated rings. The molecule has 4 heterocycles. The lowest BCUT2D eigenvalue weighted by atomic mass is 9.95. The van der Waals surface area contributed by atoms with E-state index in [0.29, 0.717) is 18.2 Å². The number of H-pyrrole nitrogens is 1. The van der Waals surface area contributed by atoms with Crippen molar-refractivity contribution in [1.82, 2.24) is 40.1 Å². The zero-order valence-electron chi connectivity index (χ0n) is 22.3. The minimum absolute atomic E-state index is 0.536. The van der Waals surface area contributed by atoms with Gasteiger partial charge in [-0.25, -0.2) is 15.0 Å². The van der Waals surface area contributed by atoms with Crippen LogP contribution in [0.4, 0.5) is 0 Å². The van der Waals surface area contributed by atoms with Crippen molar-refractivity contribution in [1.29, 1.82) is 0 Å². The quantitative estimate of drug-likeness (QED) is 0.295. The maximum atomic E-state index is 5.33. The summed E-state index contributed by atoms with van der Waals surface area (Å²) >= 11 is 0. The highest BCUT2D eigenvalue weighted by molar-refractivity contribution is 5.84. The normalized spacial score (nSPS) is 11.3. The maximum absolute atomic E-state index is 5.33. The van der Waals surface area contributed by atoms with Crippen LogP contribution in [0, 0.1) is 13.8 Å². The van der Waals surface area contributed by atoms with Crippen LogP contribution in [-0.2, 0) is 13.0 Å². The topological polar surface area (TPSA) is 107 Å². The number of fused-ring (bicyclic) bond motifs is 1. The van der Waals surface area contributed by atoms with Crippen LogP contribution < -0.4 is 4.74 Å². The fraction of sp³-hybridized carbons (Fsp3) is 0.200. The standard InChI is InChI=1S/C30H28N8O/c1-5-26-33-28-18(2)15-19(3)31-30(28)38(26)17-20-9-11-21(12-10-20)24-16-22(25-7-6-8-27(32-25)39-4)13-14-23(24)29-34-36-37-35-29/h6-16H,5,17H2,1-4H3,(H,34,35,36,37). The van der Waals surface area contributed by atoms with Crippen molar-refractivity contribution in [3.8, 4) is 39.7 Å². The highest BCUT2D eigenvalue weighted by Crippen LogP contribution is 2.34. The molecule has 194 valence electrons. The smallest absolute Gasteiger partial charge is 0.213 e. The molecule has 0 amide bonds. The second kappa shape index (κ2) is 10.1. The fourth-order valence-electron chi connectivity index (χ4n) is 4.96. The Bertz CT molecular complexity index is 1770. The molecule has 0 spiro atoms. The molecule has 0 aliphatic rings. The third-order valence-electron chi connectivity index (χ3n) is 6.86. The van der Waals surface area contributed by atoms with Gasteiger partial charge in [-0.1, -0.05) is 43.3 Å². The average Bonchev–Trinajstić information content (AvgIpc) is 3.62. The molecular weight excluding hydrogens is 488 g/mol. The Kier molecular flexibility index (Phi) is 6.32. The second-order valence-corrected chi connectivity index (χ2v) is 9.48. The number of imidazole rings is 1. The van der Waals surface area contributed by atoms with Gasteiger partial charge in [0, 0.05) is 29.3 Å². The SMILES string of the molecule is CCc1nc2c(C)cc(C)nc2n1Cc1ccc(-c2cc(-c3cccc(OC)n3)ccc2-c2nn[nH]n2)cc1. The third kappa shape index (κ3) is 4.63. The summed E-state index contributed by atoms with van der Waals surface area (Å²) < 4.78 is 7.56. The van der Waals surface area contributed by atoms with Crippen LogP contribution in [0.1, 0.15) is 29.6 Å². The minimum Gasteiger partial charge on any atom is -0.481 e. The number of nitrogens with one attached hydrogen (secondary N) is 1. The van der Waals surface area contributed by atoms with Gasteiger partial charge in [-0.3, -0.25) is 0 Å². The van der Waals surface area contributed by atoms with E-state index in [0.717, 1.165) is 62.6 Å². The Morgan fingerprint density at radius 2 is 1.69 bits per heavy atom. The van der Waals surface area contributed by atoms with E-state index in [9.17, 15) is 0 Å². The third-order valence-corrected chi connectivity index (χ3v) is 6.86. The van der Waals surface area contributed by atoms with E-state index in [1.165, 1.54) is 5.56 Å². The van der Waals surface area contributed by atoms with Crippen LogP contribution in [0.5, 0.6) is 5.88 Å². The number of hydrogen-bond donors (Lipinski definition) is 1. The van der Waals surface area contributed by atoms with Gasteiger partial charge in [-0.05, 0) is 65.6 Å². The molecule has 0 aliphatic carbocycles. The first-order valence-electron chi connectivity index (χ1n) is 12.9. The first kappa shape index (κ1) is 24.4. The molecule has 1 N–H and O–H groups in total. The molecule has 0 atom stereocenters. The first-order valence-corrected chi connectivity index (χ1v) is 12.9. The van der Waals surface area contributed by atoms with E-state index in [2.05, 4.69) is 80.4 Å². The van der Waals surface area contributed by atoms with Crippen molar-refractivity contribution in [2.45, 2.75) is 33.7 Å². The molecule has 9 heteroatoms. The molecule has 0 saturated carbocycles. The van der Waals surface area contributed by atoms with E-state index >= 15 is 0 Å².